The van der Waals surface area contributed by atoms with Crippen molar-refractivity contribution in [3.8, 4) is 11.1 Å². The first kappa shape index (κ1) is 18.0. The molecule has 0 aliphatic heterocycles. The van der Waals surface area contributed by atoms with Crippen molar-refractivity contribution in [3.05, 3.63) is 113 Å². The van der Waals surface area contributed by atoms with Gasteiger partial charge in [0.15, 0.2) is 0 Å². The van der Waals surface area contributed by atoms with Crippen LogP contribution in [0.3, 0.4) is 0 Å². The maximum Gasteiger partial charge on any atom is 0.259 e. The molecule has 0 saturated carbocycles. The van der Waals surface area contributed by atoms with Gasteiger partial charge in [0.25, 0.3) is 5.56 Å². The highest BCUT2D eigenvalue weighted by molar-refractivity contribution is 5.96. The molecule has 0 unspecified atom stereocenters. The molecule has 0 radical (unpaired) electrons. The lowest BCUT2D eigenvalue weighted by molar-refractivity contribution is 0.752. The molecule has 138 valence electrons. The number of nitrogens with zero attached hydrogens (tertiary/aromatic N) is 1. The Labute approximate surface area is 165 Å². The Hall–Kier alpha value is -3.39. The number of hydrogen-bond acceptors (Lipinski definition) is 1. The average molecular weight is 365 g/mol. The molecule has 1 heterocycles. The molecule has 0 atom stereocenters. The van der Waals surface area contributed by atoms with Crippen LogP contribution >= 0.6 is 0 Å². The fourth-order valence-corrected chi connectivity index (χ4v) is 3.57. The van der Waals surface area contributed by atoms with Crippen LogP contribution in [-0.2, 0) is 6.54 Å². The zero-order chi connectivity index (χ0) is 19.3. The first-order valence-corrected chi connectivity index (χ1v) is 9.70. The van der Waals surface area contributed by atoms with E-state index in [0.717, 1.165) is 39.6 Å². The summed E-state index contributed by atoms with van der Waals surface area (Å²) >= 11 is 0. The maximum atomic E-state index is 13.5. The first-order chi connectivity index (χ1) is 13.8. The molecule has 0 N–H and O–H groups in total. The SMILES string of the molecule is CCC=Cc1ccc(-c2cccc3ccccc23)c(=O)n1Cc1ccccc1. The van der Waals surface area contributed by atoms with Crippen LogP contribution in [0.15, 0.2) is 95.8 Å². The van der Waals surface area contributed by atoms with Crippen LogP contribution in [0.2, 0.25) is 0 Å². The molecule has 1 aromatic heterocycles. The van der Waals surface area contributed by atoms with Crippen LogP contribution < -0.4 is 5.56 Å². The van der Waals surface area contributed by atoms with Crippen LogP contribution in [-0.4, -0.2) is 4.57 Å². The Morgan fingerprint density at radius 2 is 1.54 bits per heavy atom. The Bertz CT molecular complexity index is 1180. The van der Waals surface area contributed by atoms with E-state index in [2.05, 4.69) is 43.3 Å². The van der Waals surface area contributed by atoms with Gasteiger partial charge in [-0.15, -0.1) is 0 Å². The molecule has 0 saturated heterocycles. The highest BCUT2D eigenvalue weighted by atomic mass is 16.1. The van der Waals surface area contributed by atoms with Gasteiger partial charge < -0.3 is 4.57 Å². The van der Waals surface area contributed by atoms with E-state index >= 15 is 0 Å². The Morgan fingerprint density at radius 1 is 0.786 bits per heavy atom. The Balaban J connectivity index is 1.91. The van der Waals surface area contributed by atoms with Gasteiger partial charge in [0.05, 0.1) is 6.54 Å². The summed E-state index contributed by atoms with van der Waals surface area (Å²) in [6.07, 6.45) is 5.07. The molecule has 2 nitrogen and oxygen atoms in total. The monoisotopic (exact) mass is 365 g/mol. The molecular weight excluding hydrogens is 342 g/mol. The van der Waals surface area contributed by atoms with Gasteiger partial charge in [-0.3, -0.25) is 4.79 Å². The number of hydrogen-bond donors (Lipinski definition) is 0. The minimum Gasteiger partial charge on any atom is -0.304 e. The lowest BCUT2D eigenvalue weighted by Crippen LogP contribution is -2.24. The smallest absolute Gasteiger partial charge is 0.259 e. The molecule has 2 heteroatoms. The van der Waals surface area contributed by atoms with Crippen molar-refractivity contribution >= 4 is 16.8 Å². The molecular formula is C26H23NO. The number of aromatic nitrogens is 1. The van der Waals surface area contributed by atoms with Crippen LogP contribution in [0.1, 0.15) is 24.6 Å². The van der Waals surface area contributed by atoms with Gasteiger partial charge >= 0.3 is 0 Å². The van der Waals surface area contributed by atoms with Crippen molar-refractivity contribution in [1.82, 2.24) is 4.57 Å². The van der Waals surface area contributed by atoms with E-state index < -0.39 is 0 Å². The van der Waals surface area contributed by atoms with Crippen molar-refractivity contribution < 1.29 is 0 Å². The standard InChI is InChI=1S/C26H23NO/c1-2-3-14-22-17-18-25(24-16-9-13-21-12-7-8-15-23(21)24)26(28)27(22)19-20-10-5-4-6-11-20/h3-18H,2,19H2,1H3. The highest BCUT2D eigenvalue weighted by Crippen LogP contribution is 2.27. The van der Waals surface area contributed by atoms with Crippen LogP contribution in [0, 0.1) is 0 Å². The largest absolute Gasteiger partial charge is 0.304 e. The van der Waals surface area contributed by atoms with Crippen LogP contribution in [0.5, 0.6) is 0 Å². The third-order valence-corrected chi connectivity index (χ3v) is 5.00. The van der Waals surface area contributed by atoms with E-state index in [4.69, 9.17) is 0 Å². The average Bonchev–Trinajstić information content (AvgIpc) is 2.75. The van der Waals surface area contributed by atoms with Gasteiger partial charge in [-0.1, -0.05) is 85.8 Å². The van der Waals surface area contributed by atoms with E-state index in [-0.39, 0.29) is 5.56 Å². The van der Waals surface area contributed by atoms with E-state index in [0.29, 0.717) is 6.54 Å². The number of pyridine rings is 1. The van der Waals surface area contributed by atoms with E-state index in [1.807, 2.05) is 65.2 Å². The van der Waals surface area contributed by atoms with Gasteiger partial charge in [-0.2, -0.15) is 0 Å². The minimum absolute atomic E-state index is 0.0402. The van der Waals surface area contributed by atoms with E-state index in [1.54, 1.807) is 0 Å². The van der Waals surface area contributed by atoms with Gasteiger partial charge in [0.1, 0.15) is 0 Å². The Morgan fingerprint density at radius 3 is 2.36 bits per heavy atom. The van der Waals surface area contributed by atoms with Crippen LogP contribution in [0.4, 0.5) is 0 Å². The number of fused-ring (bicyclic) bond motifs is 1. The molecule has 0 spiro atoms. The van der Waals surface area contributed by atoms with Crippen molar-refractivity contribution in [2.75, 3.05) is 0 Å². The van der Waals surface area contributed by atoms with Crippen molar-refractivity contribution in [2.45, 2.75) is 19.9 Å². The third-order valence-electron chi connectivity index (χ3n) is 5.00. The zero-order valence-electron chi connectivity index (χ0n) is 16.0. The summed E-state index contributed by atoms with van der Waals surface area (Å²) < 4.78 is 1.87. The molecule has 4 aromatic rings. The third kappa shape index (κ3) is 3.54. The van der Waals surface area contributed by atoms with Gasteiger partial charge in [0.2, 0.25) is 0 Å². The number of benzene rings is 3. The van der Waals surface area contributed by atoms with E-state index in [1.165, 1.54) is 0 Å². The Kier molecular flexibility index (Phi) is 5.20. The predicted molar refractivity (Wildman–Crippen MR) is 119 cm³/mol. The van der Waals surface area contributed by atoms with Crippen LogP contribution in [0.25, 0.3) is 28.0 Å². The second kappa shape index (κ2) is 8.10. The molecule has 0 amide bonds. The zero-order valence-corrected chi connectivity index (χ0v) is 16.0. The van der Waals surface area contributed by atoms with Crippen molar-refractivity contribution in [2.24, 2.45) is 0 Å². The lowest BCUT2D eigenvalue weighted by Gasteiger charge is -2.14. The van der Waals surface area contributed by atoms with Crippen molar-refractivity contribution in [3.63, 3.8) is 0 Å². The highest BCUT2D eigenvalue weighted by Gasteiger charge is 2.12. The first-order valence-electron chi connectivity index (χ1n) is 9.70. The van der Waals surface area contributed by atoms with Crippen molar-refractivity contribution in [1.29, 1.82) is 0 Å². The fraction of sp³-hybridized carbons (Fsp3) is 0.115. The lowest BCUT2D eigenvalue weighted by atomic mass is 9.99. The summed E-state index contributed by atoms with van der Waals surface area (Å²) in [7, 11) is 0. The number of allylic oxidation sites excluding steroid dienone is 1. The summed E-state index contributed by atoms with van der Waals surface area (Å²) in [6, 6.07) is 28.5. The topological polar surface area (TPSA) is 22.0 Å². The molecule has 0 bridgehead atoms. The second-order valence-corrected chi connectivity index (χ2v) is 6.89. The summed E-state index contributed by atoms with van der Waals surface area (Å²) in [5.41, 5.74) is 3.81. The van der Waals surface area contributed by atoms with Gasteiger partial charge in [-0.25, -0.2) is 0 Å². The molecule has 0 fully saturated rings. The normalized spacial score (nSPS) is 11.3. The summed E-state index contributed by atoms with van der Waals surface area (Å²) in [5, 5.41) is 2.24. The molecule has 0 aliphatic rings. The fourth-order valence-electron chi connectivity index (χ4n) is 3.57. The van der Waals surface area contributed by atoms with Gasteiger partial charge in [0, 0.05) is 11.3 Å². The molecule has 4 rings (SSSR count). The molecule has 28 heavy (non-hydrogen) atoms. The molecule has 3 aromatic carbocycles. The van der Waals surface area contributed by atoms with Gasteiger partial charge in [-0.05, 0) is 46.5 Å². The quantitative estimate of drug-likeness (QED) is 0.416. The van der Waals surface area contributed by atoms with E-state index in [9.17, 15) is 4.79 Å². The minimum atomic E-state index is 0.0402. The second-order valence-electron chi connectivity index (χ2n) is 6.89. The number of rotatable bonds is 5. The predicted octanol–water partition coefficient (Wildman–Crippen LogP) is 6.14. The summed E-state index contributed by atoms with van der Waals surface area (Å²) in [4.78, 5) is 13.5. The summed E-state index contributed by atoms with van der Waals surface area (Å²) in [6.45, 7) is 2.66. The summed E-state index contributed by atoms with van der Waals surface area (Å²) in [5.74, 6) is 0. The molecule has 0 aliphatic carbocycles. The maximum absolute atomic E-state index is 13.5.